The molecule has 1 amide bonds. The summed E-state index contributed by atoms with van der Waals surface area (Å²) >= 11 is 3.54. The fourth-order valence-corrected chi connectivity index (χ4v) is 4.54. The number of amides is 1. The van der Waals surface area contributed by atoms with Crippen LogP contribution in [0.5, 0.6) is 11.5 Å². The van der Waals surface area contributed by atoms with E-state index in [2.05, 4.69) is 40.7 Å². The van der Waals surface area contributed by atoms with Gasteiger partial charge in [-0.2, -0.15) is 0 Å². The van der Waals surface area contributed by atoms with Crippen molar-refractivity contribution < 1.29 is 14.3 Å². The second kappa shape index (κ2) is 10.5. The number of aliphatic imine (C=N–C) groups is 1. The number of rotatable bonds is 8. The molecule has 1 fully saturated rings. The zero-order valence-electron chi connectivity index (χ0n) is 16.5. The van der Waals surface area contributed by atoms with Gasteiger partial charge in [-0.1, -0.05) is 36.9 Å². The number of halogens is 1. The van der Waals surface area contributed by atoms with Crippen molar-refractivity contribution in [3.05, 3.63) is 81.8 Å². The molecule has 30 heavy (non-hydrogen) atoms. The summed E-state index contributed by atoms with van der Waals surface area (Å²) in [7, 11) is 1.59. The van der Waals surface area contributed by atoms with E-state index in [0.717, 1.165) is 14.8 Å². The van der Waals surface area contributed by atoms with Crippen LogP contribution in [0.4, 0.5) is 5.69 Å². The summed E-state index contributed by atoms with van der Waals surface area (Å²) in [5, 5.41) is 0.630. The highest BCUT2D eigenvalue weighted by molar-refractivity contribution is 14.1. The van der Waals surface area contributed by atoms with Crippen molar-refractivity contribution in [1.82, 2.24) is 4.90 Å². The van der Waals surface area contributed by atoms with E-state index in [-0.39, 0.29) is 5.91 Å². The van der Waals surface area contributed by atoms with Crippen molar-refractivity contribution >= 4 is 57.2 Å². The summed E-state index contributed by atoms with van der Waals surface area (Å²) in [4.78, 5) is 19.8. The molecular formula is C23H21IN2O3S. The molecule has 1 aliphatic rings. The van der Waals surface area contributed by atoms with Gasteiger partial charge in [0.15, 0.2) is 16.7 Å². The summed E-state index contributed by atoms with van der Waals surface area (Å²) in [6.45, 7) is 8.21. The number of carbonyl (C=O) groups excluding carboxylic acids is 1. The summed E-state index contributed by atoms with van der Waals surface area (Å²) in [5.41, 5.74) is 1.64. The highest BCUT2D eigenvalue weighted by atomic mass is 127. The summed E-state index contributed by atoms with van der Waals surface area (Å²) in [6, 6.07) is 13.4. The van der Waals surface area contributed by atoms with Crippen molar-refractivity contribution in [3.8, 4) is 11.5 Å². The predicted molar refractivity (Wildman–Crippen MR) is 132 cm³/mol. The minimum atomic E-state index is -0.101. The van der Waals surface area contributed by atoms with Crippen LogP contribution >= 0.6 is 34.4 Å². The molecule has 2 aromatic carbocycles. The van der Waals surface area contributed by atoms with Crippen LogP contribution in [0.1, 0.15) is 5.56 Å². The van der Waals surface area contributed by atoms with Gasteiger partial charge in [-0.05, 0) is 70.3 Å². The van der Waals surface area contributed by atoms with Gasteiger partial charge >= 0.3 is 0 Å². The van der Waals surface area contributed by atoms with Gasteiger partial charge in [-0.3, -0.25) is 9.69 Å². The lowest BCUT2D eigenvalue weighted by Gasteiger charge is -2.13. The smallest absolute Gasteiger partial charge is 0.267 e. The lowest BCUT2D eigenvalue weighted by molar-refractivity contribution is -0.121. The molecule has 0 bridgehead atoms. The minimum absolute atomic E-state index is 0.101. The minimum Gasteiger partial charge on any atom is -0.493 e. The van der Waals surface area contributed by atoms with E-state index < -0.39 is 0 Å². The fourth-order valence-electron chi connectivity index (χ4n) is 2.75. The second-order valence-electron chi connectivity index (χ2n) is 6.18. The number of benzene rings is 2. The molecule has 0 aliphatic carbocycles. The number of carbonyl (C=O) groups is 1. The second-order valence-corrected chi connectivity index (χ2v) is 8.35. The number of hydrogen-bond donors (Lipinski definition) is 0. The van der Waals surface area contributed by atoms with Gasteiger partial charge < -0.3 is 9.47 Å². The highest BCUT2D eigenvalue weighted by Crippen LogP contribution is 2.38. The molecule has 0 atom stereocenters. The quantitative estimate of drug-likeness (QED) is 0.250. The van der Waals surface area contributed by atoms with Crippen molar-refractivity contribution in [3.63, 3.8) is 0 Å². The standard InChI is InChI=1S/C23H21IN2O3S/c1-4-11-26-22(27)20(30-23(26)25-17-9-7-6-8-10-17)15-16-13-18(24)21(29-12-5-2)19(14-16)28-3/h4-10,13-15H,1-2,11-12H2,3H3. The third kappa shape index (κ3) is 5.14. The normalized spacial score (nSPS) is 16.2. The Morgan fingerprint density at radius 1 is 1.20 bits per heavy atom. The summed E-state index contributed by atoms with van der Waals surface area (Å²) in [5.74, 6) is 1.16. The van der Waals surface area contributed by atoms with Crippen LogP contribution in [0, 0.1) is 3.57 Å². The maximum absolute atomic E-state index is 13.0. The zero-order valence-corrected chi connectivity index (χ0v) is 19.5. The average molecular weight is 532 g/mol. The van der Waals surface area contributed by atoms with E-state index in [1.165, 1.54) is 11.8 Å². The largest absolute Gasteiger partial charge is 0.493 e. The molecule has 1 heterocycles. The van der Waals surface area contributed by atoms with Crippen LogP contribution in [0.2, 0.25) is 0 Å². The van der Waals surface area contributed by atoms with Gasteiger partial charge in [0.25, 0.3) is 5.91 Å². The van der Waals surface area contributed by atoms with Crippen LogP contribution in [-0.4, -0.2) is 36.2 Å². The van der Waals surface area contributed by atoms with Crippen molar-refractivity contribution in [2.24, 2.45) is 4.99 Å². The Labute approximate surface area is 194 Å². The van der Waals surface area contributed by atoms with Crippen LogP contribution in [0.3, 0.4) is 0 Å². The van der Waals surface area contributed by atoms with Gasteiger partial charge in [-0.15, -0.1) is 6.58 Å². The maximum Gasteiger partial charge on any atom is 0.267 e. The molecule has 1 saturated heterocycles. The lowest BCUT2D eigenvalue weighted by Crippen LogP contribution is -2.29. The maximum atomic E-state index is 13.0. The molecule has 0 N–H and O–H groups in total. The molecule has 0 aromatic heterocycles. The monoisotopic (exact) mass is 532 g/mol. The summed E-state index contributed by atoms with van der Waals surface area (Å²) < 4.78 is 12.1. The molecule has 2 aromatic rings. The van der Waals surface area contributed by atoms with Gasteiger partial charge in [0, 0.05) is 6.54 Å². The molecule has 0 radical (unpaired) electrons. The Morgan fingerprint density at radius 2 is 1.97 bits per heavy atom. The van der Waals surface area contributed by atoms with Gasteiger partial charge in [0.1, 0.15) is 6.61 Å². The van der Waals surface area contributed by atoms with Gasteiger partial charge in [0.2, 0.25) is 0 Å². The van der Waals surface area contributed by atoms with E-state index in [1.54, 1.807) is 24.2 Å². The molecule has 3 rings (SSSR count). The molecule has 0 saturated carbocycles. The van der Waals surface area contributed by atoms with Gasteiger partial charge in [-0.25, -0.2) is 4.99 Å². The van der Waals surface area contributed by atoms with Crippen molar-refractivity contribution in [2.75, 3.05) is 20.3 Å². The number of hydrogen-bond acceptors (Lipinski definition) is 5. The first kappa shape index (κ1) is 22.2. The number of para-hydroxylation sites is 1. The molecular weight excluding hydrogens is 511 g/mol. The van der Waals surface area contributed by atoms with Crippen LogP contribution in [-0.2, 0) is 4.79 Å². The molecule has 7 heteroatoms. The highest BCUT2D eigenvalue weighted by Gasteiger charge is 2.32. The Balaban J connectivity index is 1.96. The van der Waals surface area contributed by atoms with E-state index in [9.17, 15) is 4.79 Å². The Kier molecular flexibility index (Phi) is 7.75. The number of ether oxygens (including phenoxy) is 2. The zero-order chi connectivity index (χ0) is 21.5. The first-order chi connectivity index (χ1) is 14.6. The number of nitrogens with zero attached hydrogens (tertiary/aromatic N) is 2. The number of thioether (sulfide) groups is 1. The Hall–Kier alpha value is -2.52. The van der Waals surface area contributed by atoms with Gasteiger partial charge in [0.05, 0.1) is 21.3 Å². The molecule has 154 valence electrons. The van der Waals surface area contributed by atoms with E-state index in [4.69, 9.17) is 9.47 Å². The Morgan fingerprint density at radius 3 is 2.63 bits per heavy atom. The van der Waals surface area contributed by atoms with E-state index in [0.29, 0.717) is 34.7 Å². The number of amidine groups is 1. The molecule has 0 unspecified atom stereocenters. The third-order valence-corrected chi connectivity index (χ3v) is 5.88. The fraction of sp³-hybridized carbons (Fsp3) is 0.130. The predicted octanol–water partition coefficient (Wildman–Crippen LogP) is 5.65. The Bertz CT molecular complexity index is 1020. The third-order valence-electron chi connectivity index (χ3n) is 4.08. The SMILES string of the molecule is C=CCOc1c(I)cc(C=C2SC(=Nc3ccccc3)N(CC=C)C2=O)cc1OC. The molecule has 1 aliphatic heterocycles. The lowest BCUT2D eigenvalue weighted by atomic mass is 10.2. The first-order valence-electron chi connectivity index (χ1n) is 9.14. The van der Waals surface area contributed by atoms with E-state index in [1.807, 2.05) is 48.5 Å². The van der Waals surface area contributed by atoms with Crippen LogP contribution in [0.25, 0.3) is 6.08 Å². The van der Waals surface area contributed by atoms with Crippen molar-refractivity contribution in [1.29, 1.82) is 0 Å². The van der Waals surface area contributed by atoms with Crippen LogP contribution < -0.4 is 9.47 Å². The number of methoxy groups -OCH3 is 1. The summed E-state index contributed by atoms with van der Waals surface area (Å²) in [6.07, 6.45) is 5.22. The average Bonchev–Trinajstić information content (AvgIpc) is 3.02. The topological polar surface area (TPSA) is 51.1 Å². The first-order valence-corrected chi connectivity index (χ1v) is 11.0. The molecule has 0 spiro atoms. The van der Waals surface area contributed by atoms with Crippen molar-refractivity contribution in [2.45, 2.75) is 0 Å². The molecule has 5 nitrogen and oxygen atoms in total. The van der Waals surface area contributed by atoms with E-state index >= 15 is 0 Å². The van der Waals surface area contributed by atoms with Crippen LogP contribution in [0.15, 0.2) is 77.7 Å².